The molecule has 1 N–H and O–H groups in total. The summed E-state index contributed by atoms with van der Waals surface area (Å²) in [6.07, 6.45) is -23.2. The summed E-state index contributed by atoms with van der Waals surface area (Å²) in [4.78, 5) is 11.1. The number of nitrogens with one attached hydrogen (secondary N) is 1. The van der Waals surface area contributed by atoms with Gasteiger partial charge < -0.3 is 4.74 Å². The first-order valence-corrected chi connectivity index (χ1v) is 5.91. The Bertz CT molecular complexity index is 527. The summed E-state index contributed by atoms with van der Waals surface area (Å²) in [5, 5.41) is -0.116. The van der Waals surface area contributed by atoms with Crippen molar-refractivity contribution in [3.05, 3.63) is 35.9 Å². The first kappa shape index (κ1) is 19.9. The van der Waals surface area contributed by atoms with Crippen molar-refractivity contribution in [2.45, 2.75) is 30.7 Å². The van der Waals surface area contributed by atoms with Crippen LogP contribution < -0.4 is 5.32 Å². The molecule has 0 bridgehead atoms. The molecule has 0 spiro atoms. The van der Waals surface area contributed by atoms with E-state index in [1.807, 2.05) is 0 Å². The van der Waals surface area contributed by atoms with Crippen molar-refractivity contribution in [2.75, 3.05) is 0 Å². The number of halogens is 9. The van der Waals surface area contributed by atoms with Crippen LogP contribution in [-0.4, -0.2) is 30.2 Å². The van der Waals surface area contributed by atoms with E-state index in [2.05, 4.69) is 4.74 Å². The minimum absolute atomic E-state index is 0.116. The van der Waals surface area contributed by atoms with Gasteiger partial charge in [-0.15, -0.1) is 0 Å². The average Bonchev–Trinajstić information content (AvgIpc) is 2.39. The van der Waals surface area contributed by atoms with E-state index in [1.54, 1.807) is 0 Å². The van der Waals surface area contributed by atoms with E-state index in [0.29, 0.717) is 0 Å². The van der Waals surface area contributed by atoms with E-state index in [0.717, 1.165) is 0 Å². The van der Waals surface area contributed by atoms with Crippen molar-refractivity contribution in [1.82, 2.24) is 5.32 Å². The van der Waals surface area contributed by atoms with Gasteiger partial charge in [0.15, 0.2) is 0 Å². The van der Waals surface area contributed by atoms with Crippen molar-refractivity contribution in [3.63, 3.8) is 0 Å². The first-order chi connectivity index (χ1) is 10.7. The molecule has 0 aromatic heterocycles. The summed E-state index contributed by atoms with van der Waals surface area (Å²) in [6, 6.07) is 6.89. The van der Waals surface area contributed by atoms with Crippen LogP contribution >= 0.6 is 0 Å². The molecule has 136 valence electrons. The third-order valence-corrected chi connectivity index (χ3v) is 2.78. The van der Waals surface area contributed by atoms with E-state index in [-0.39, 0.29) is 10.9 Å². The molecule has 0 unspecified atom stereocenters. The van der Waals surface area contributed by atoms with Crippen molar-refractivity contribution in [1.29, 1.82) is 0 Å². The predicted molar refractivity (Wildman–Crippen MR) is 60.7 cm³/mol. The Morgan fingerprint density at radius 2 is 1.25 bits per heavy atom. The normalized spacial score (nSPS) is 13.5. The molecule has 0 atom stereocenters. The zero-order chi connectivity index (χ0) is 18.8. The molecule has 0 fully saturated rings. The number of benzene rings is 1. The van der Waals surface area contributed by atoms with Crippen LogP contribution in [0.4, 0.5) is 44.3 Å². The van der Waals surface area contributed by atoms with Crippen LogP contribution in [0.5, 0.6) is 0 Å². The molecule has 0 saturated carbocycles. The number of rotatable bonds is 3. The fourth-order valence-electron chi connectivity index (χ4n) is 1.61. The van der Waals surface area contributed by atoms with Gasteiger partial charge in [0.25, 0.3) is 0 Å². The van der Waals surface area contributed by atoms with Gasteiger partial charge in [-0.3, -0.25) is 5.32 Å². The zero-order valence-electron chi connectivity index (χ0n) is 11.3. The molecule has 24 heavy (non-hydrogen) atoms. The molecule has 1 amide bonds. The zero-order valence-corrected chi connectivity index (χ0v) is 11.3. The van der Waals surface area contributed by atoms with Gasteiger partial charge in [0.05, 0.1) is 0 Å². The molecule has 0 radical (unpaired) electrons. The summed E-state index contributed by atoms with van der Waals surface area (Å²) in [5.74, 6) is 0. The minimum atomic E-state index is -6.89. The van der Waals surface area contributed by atoms with Gasteiger partial charge in [-0.1, -0.05) is 30.3 Å². The van der Waals surface area contributed by atoms with Gasteiger partial charge in [0, 0.05) is 0 Å². The van der Waals surface area contributed by atoms with Gasteiger partial charge in [-0.25, -0.2) is 4.79 Å². The second-order valence-corrected chi connectivity index (χ2v) is 4.43. The standard InChI is InChI=1S/C12H8F9NO2/c13-10(14,15)9(11(16,17)18,12(19,20)21)22-8(23)24-6-7-4-2-1-3-5-7/h1-5H,6H2,(H,22,23). The Hall–Kier alpha value is -2.14. The van der Waals surface area contributed by atoms with Crippen LogP contribution in [0.3, 0.4) is 0 Å². The smallest absolute Gasteiger partial charge is 0.429 e. The SMILES string of the molecule is O=C(NC(C(F)(F)F)(C(F)(F)F)C(F)(F)F)OCc1ccccc1. The van der Waals surface area contributed by atoms with Crippen LogP contribution in [0.1, 0.15) is 5.56 Å². The summed E-state index contributed by atoms with van der Waals surface area (Å²) in [5.41, 5.74) is -6.30. The number of carbonyl (C=O) groups excluding carboxylic acids is 1. The highest BCUT2D eigenvalue weighted by molar-refractivity contribution is 5.69. The number of alkyl carbamates (subject to hydrolysis) is 1. The lowest BCUT2D eigenvalue weighted by molar-refractivity contribution is -0.387. The molecule has 0 aliphatic heterocycles. The highest BCUT2D eigenvalue weighted by Gasteiger charge is 2.85. The Kier molecular flexibility index (Phi) is 5.31. The molecule has 1 aromatic carbocycles. The maximum absolute atomic E-state index is 12.6. The first-order valence-electron chi connectivity index (χ1n) is 5.91. The maximum atomic E-state index is 12.6. The monoisotopic (exact) mass is 369 g/mol. The van der Waals surface area contributed by atoms with Crippen molar-refractivity contribution in [3.8, 4) is 0 Å². The quantitative estimate of drug-likeness (QED) is 0.806. The molecule has 0 saturated heterocycles. The summed E-state index contributed by atoms with van der Waals surface area (Å²) < 4.78 is 117. The summed E-state index contributed by atoms with van der Waals surface area (Å²) >= 11 is 0. The van der Waals surface area contributed by atoms with E-state index >= 15 is 0 Å². The fraction of sp³-hybridized carbons (Fsp3) is 0.417. The molecule has 1 aromatic rings. The molecule has 12 heteroatoms. The second-order valence-electron chi connectivity index (χ2n) is 4.43. The van der Waals surface area contributed by atoms with E-state index in [9.17, 15) is 44.3 Å². The summed E-state index contributed by atoms with van der Waals surface area (Å²) in [6.45, 7) is -0.823. The van der Waals surface area contributed by atoms with Crippen LogP contribution in [0.2, 0.25) is 0 Å². The molecular formula is C12H8F9NO2. The molecular weight excluding hydrogens is 361 g/mol. The number of amides is 1. The summed E-state index contributed by atoms with van der Waals surface area (Å²) in [7, 11) is 0. The van der Waals surface area contributed by atoms with E-state index in [1.165, 1.54) is 30.3 Å². The molecule has 0 aliphatic carbocycles. The number of hydrogen-bond acceptors (Lipinski definition) is 2. The third-order valence-electron chi connectivity index (χ3n) is 2.78. The predicted octanol–water partition coefficient (Wildman–Crippen LogP) is 4.34. The van der Waals surface area contributed by atoms with Gasteiger partial charge >= 0.3 is 30.2 Å². The van der Waals surface area contributed by atoms with Crippen LogP contribution in [-0.2, 0) is 11.3 Å². The molecule has 0 heterocycles. The number of ether oxygens (including phenoxy) is 1. The number of hydrogen-bond donors (Lipinski definition) is 1. The topological polar surface area (TPSA) is 38.3 Å². The molecule has 3 nitrogen and oxygen atoms in total. The highest BCUT2D eigenvalue weighted by Crippen LogP contribution is 2.52. The van der Waals surface area contributed by atoms with E-state index in [4.69, 9.17) is 0 Å². The molecule has 1 rings (SSSR count). The lowest BCUT2D eigenvalue weighted by Gasteiger charge is -2.38. The number of carbonyl (C=O) groups is 1. The van der Waals surface area contributed by atoms with Crippen molar-refractivity contribution in [2.24, 2.45) is 0 Å². The Labute approximate surface area is 128 Å². The fourth-order valence-corrected chi connectivity index (χ4v) is 1.61. The lowest BCUT2D eigenvalue weighted by atomic mass is 9.97. The van der Waals surface area contributed by atoms with Crippen LogP contribution in [0, 0.1) is 0 Å². The minimum Gasteiger partial charge on any atom is -0.445 e. The Morgan fingerprint density at radius 3 is 1.62 bits per heavy atom. The van der Waals surface area contributed by atoms with Crippen LogP contribution in [0.15, 0.2) is 30.3 Å². The van der Waals surface area contributed by atoms with Gasteiger partial charge in [-0.05, 0) is 5.56 Å². The van der Waals surface area contributed by atoms with Gasteiger partial charge in [0.2, 0.25) is 0 Å². The van der Waals surface area contributed by atoms with Crippen molar-refractivity contribution < 1.29 is 49.0 Å². The maximum Gasteiger partial charge on any atom is 0.429 e. The number of alkyl halides is 9. The van der Waals surface area contributed by atoms with E-state index < -0.39 is 36.8 Å². The lowest BCUT2D eigenvalue weighted by Crippen LogP contribution is -2.75. The van der Waals surface area contributed by atoms with Crippen LogP contribution in [0.25, 0.3) is 0 Å². The second kappa shape index (κ2) is 6.40. The van der Waals surface area contributed by atoms with Crippen molar-refractivity contribution >= 4 is 6.09 Å². The Balaban J connectivity index is 3.07. The highest BCUT2D eigenvalue weighted by atomic mass is 19.4. The third kappa shape index (κ3) is 3.85. The molecule has 0 aliphatic rings. The Morgan fingerprint density at radius 1 is 0.833 bits per heavy atom. The largest absolute Gasteiger partial charge is 0.445 e. The van der Waals surface area contributed by atoms with Gasteiger partial charge in [0.1, 0.15) is 6.61 Å². The average molecular weight is 369 g/mol. The van der Waals surface area contributed by atoms with Gasteiger partial charge in [-0.2, -0.15) is 39.5 Å².